The van der Waals surface area contributed by atoms with E-state index in [-0.39, 0.29) is 5.97 Å². The number of pyridine rings is 1. The molecule has 3 rings (SSSR count). The summed E-state index contributed by atoms with van der Waals surface area (Å²) in [6.07, 6.45) is 0. The van der Waals surface area contributed by atoms with Crippen LogP contribution in [0.3, 0.4) is 0 Å². The number of ether oxygens (including phenoxy) is 3. The molecule has 0 N–H and O–H groups in total. The topological polar surface area (TPSA) is 57.7 Å². The quantitative estimate of drug-likeness (QED) is 0.556. The molecule has 0 atom stereocenters. The van der Waals surface area contributed by atoms with E-state index < -0.39 is 0 Å². The highest BCUT2D eigenvalue weighted by Gasteiger charge is 2.16. The van der Waals surface area contributed by atoms with Gasteiger partial charge in [-0.1, -0.05) is 15.9 Å². The van der Waals surface area contributed by atoms with Crippen LogP contribution in [0.25, 0.3) is 22.2 Å². The summed E-state index contributed by atoms with van der Waals surface area (Å²) < 4.78 is 16.7. The first-order chi connectivity index (χ1) is 12.6. The second kappa shape index (κ2) is 7.74. The highest BCUT2D eigenvalue weighted by molar-refractivity contribution is 9.10. The molecule has 0 radical (unpaired) electrons. The Kier molecular flexibility index (Phi) is 5.42. The van der Waals surface area contributed by atoms with Crippen LogP contribution in [0, 0.1) is 0 Å². The van der Waals surface area contributed by atoms with Gasteiger partial charge in [0, 0.05) is 15.4 Å². The summed E-state index contributed by atoms with van der Waals surface area (Å²) in [4.78, 5) is 17.2. The first kappa shape index (κ1) is 18.2. The maximum absolute atomic E-state index is 12.5. The molecule has 1 heterocycles. The van der Waals surface area contributed by atoms with Gasteiger partial charge in [0.25, 0.3) is 0 Å². The molecule has 0 saturated heterocycles. The van der Waals surface area contributed by atoms with E-state index in [0.29, 0.717) is 34.9 Å². The Morgan fingerprint density at radius 3 is 2.50 bits per heavy atom. The van der Waals surface area contributed by atoms with E-state index in [1.165, 1.54) is 0 Å². The summed E-state index contributed by atoms with van der Waals surface area (Å²) in [6.45, 7) is 2.09. The number of carbonyl (C=O) groups is 1. The van der Waals surface area contributed by atoms with Crippen molar-refractivity contribution in [2.45, 2.75) is 6.92 Å². The van der Waals surface area contributed by atoms with Crippen molar-refractivity contribution in [2.75, 3.05) is 20.8 Å². The van der Waals surface area contributed by atoms with Gasteiger partial charge in [0.05, 0.1) is 37.6 Å². The molecule has 0 bridgehead atoms. The number of hydrogen-bond acceptors (Lipinski definition) is 5. The van der Waals surface area contributed by atoms with Gasteiger partial charge in [-0.25, -0.2) is 9.78 Å². The fourth-order valence-corrected chi connectivity index (χ4v) is 3.08. The molecular weight excluding hydrogens is 398 g/mol. The number of aromatic nitrogens is 1. The van der Waals surface area contributed by atoms with Crippen molar-refractivity contribution in [1.29, 1.82) is 0 Å². The summed E-state index contributed by atoms with van der Waals surface area (Å²) in [6, 6.07) is 12.9. The number of hydrogen-bond donors (Lipinski definition) is 0. The van der Waals surface area contributed by atoms with Crippen molar-refractivity contribution in [3.05, 3.63) is 52.5 Å². The van der Waals surface area contributed by atoms with Crippen molar-refractivity contribution in [3.8, 4) is 22.8 Å². The van der Waals surface area contributed by atoms with Crippen molar-refractivity contribution < 1.29 is 19.0 Å². The molecule has 0 unspecified atom stereocenters. The van der Waals surface area contributed by atoms with Gasteiger partial charge < -0.3 is 14.2 Å². The van der Waals surface area contributed by atoms with Gasteiger partial charge in [-0.05, 0) is 49.4 Å². The third kappa shape index (κ3) is 3.51. The second-order valence-electron chi connectivity index (χ2n) is 5.51. The fourth-order valence-electron chi connectivity index (χ4n) is 2.72. The average molecular weight is 416 g/mol. The zero-order valence-corrected chi connectivity index (χ0v) is 16.3. The molecule has 0 amide bonds. The number of nitrogens with zero attached hydrogens (tertiary/aromatic N) is 1. The lowest BCUT2D eigenvalue weighted by molar-refractivity contribution is 0.0528. The molecule has 2 aromatic carbocycles. The van der Waals surface area contributed by atoms with Gasteiger partial charge in [-0.3, -0.25) is 0 Å². The predicted octanol–water partition coefficient (Wildman–Crippen LogP) is 4.86. The van der Waals surface area contributed by atoms with E-state index in [1.807, 2.05) is 36.4 Å². The average Bonchev–Trinajstić information content (AvgIpc) is 2.66. The maximum atomic E-state index is 12.5. The molecule has 0 aliphatic carbocycles. The molecule has 1 aromatic heterocycles. The Labute approximate surface area is 160 Å². The minimum atomic E-state index is -0.375. The lowest BCUT2D eigenvalue weighted by Crippen LogP contribution is -2.06. The number of methoxy groups -OCH3 is 2. The molecule has 0 fully saturated rings. The molecule has 0 aliphatic heterocycles. The van der Waals surface area contributed by atoms with Crippen LogP contribution in [-0.4, -0.2) is 31.8 Å². The minimum Gasteiger partial charge on any atom is -0.493 e. The molecule has 3 aromatic rings. The summed E-state index contributed by atoms with van der Waals surface area (Å²) >= 11 is 3.44. The van der Waals surface area contributed by atoms with Gasteiger partial charge >= 0.3 is 5.97 Å². The molecular formula is C20H18BrNO4. The number of esters is 1. The van der Waals surface area contributed by atoms with Crippen LogP contribution in [0.15, 0.2) is 46.9 Å². The number of halogens is 1. The van der Waals surface area contributed by atoms with Gasteiger partial charge in [0.2, 0.25) is 0 Å². The van der Waals surface area contributed by atoms with Crippen LogP contribution in [0.2, 0.25) is 0 Å². The van der Waals surface area contributed by atoms with Crippen LogP contribution in [-0.2, 0) is 4.74 Å². The summed E-state index contributed by atoms with van der Waals surface area (Å²) in [5, 5.41) is 0.738. The normalized spacial score (nSPS) is 10.6. The number of carbonyl (C=O) groups excluding carboxylic acids is 1. The monoisotopic (exact) mass is 415 g/mol. The van der Waals surface area contributed by atoms with Crippen molar-refractivity contribution in [2.24, 2.45) is 0 Å². The van der Waals surface area contributed by atoms with E-state index in [1.54, 1.807) is 27.2 Å². The van der Waals surface area contributed by atoms with Crippen molar-refractivity contribution in [1.82, 2.24) is 4.98 Å². The van der Waals surface area contributed by atoms with Gasteiger partial charge in [-0.2, -0.15) is 0 Å². The number of rotatable bonds is 5. The van der Waals surface area contributed by atoms with Gasteiger partial charge in [0.15, 0.2) is 11.5 Å². The molecule has 0 saturated carbocycles. The fraction of sp³-hybridized carbons (Fsp3) is 0.200. The van der Waals surface area contributed by atoms with Gasteiger partial charge in [0.1, 0.15) is 0 Å². The van der Waals surface area contributed by atoms with E-state index in [0.717, 1.165) is 15.4 Å². The molecule has 5 nitrogen and oxygen atoms in total. The predicted molar refractivity (Wildman–Crippen MR) is 104 cm³/mol. The zero-order valence-electron chi connectivity index (χ0n) is 14.7. The van der Waals surface area contributed by atoms with Crippen LogP contribution in [0.1, 0.15) is 17.3 Å². The summed E-state index contributed by atoms with van der Waals surface area (Å²) in [5.41, 5.74) is 2.66. The number of fused-ring (bicyclic) bond motifs is 1. The standard InChI is InChI=1S/C20H18BrNO4/c1-4-26-20(23)15-11-17(22-16-7-6-13(21)10-14(15)16)12-5-8-18(24-2)19(9-12)25-3/h5-11H,4H2,1-3H3. The third-order valence-electron chi connectivity index (χ3n) is 3.95. The van der Waals surface area contributed by atoms with E-state index in [9.17, 15) is 4.79 Å². The zero-order chi connectivity index (χ0) is 18.7. The first-order valence-corrected chi connectivity index (χ1v) is 8.86. The molecule has 134 valence electrons. The lowest BCUT2D eigenvalue weighted by atomic mass is 10.0. The SMILES string of the molecule is CCOC(=O)c1cc(-c2ccc(OC)c(OC)c2)nc2ccc(Br)cc12. The Hall–Kier alpha value is -2.60. The molecule has 6 heteroatoms. The van der Waals surface area contributed by atoms with Crippen LogP contribution in [0.4, 0.5) is 0 Å². The van der Waals surface area contributed by atoms with Crippen LogP contribution < -0.4 is 9.47 Å². The van der Waals surface area contributed by atoms with Gasteiger partial charge in [-0.15, -0.1) is 0 Å². The van der Waals surface area contributed by atoms with Crippen molar-refractivity contribution >= 4 is 32.8 Å². The summed E-state index contributed by atoms with van der Waals surface area (Å²) in [7, 11) is 3.17. The van der Waals surface area contributed by atoms with Crippen molar-refractivity contribution in [3.63, 3.8) is 0 Å². The maximum Gasteiger partial charge on any atom is 0.338 e. The van der Waals surface area contributed by atoms with Crippen LogP contribution in [0.5, 0.6) is 11.5 Å². The Morgan fingerprint density at radius 2 is 1.81 bits per heavy atom. The minimum absolute atomic E-state index is 0.308. The highest BCUT2D eigenvalue weighted by Crippen LogP contribution is 2.33. The first-order valence-electron chi connectivity index (χ1n) is 8.07. The Bertz CT molecular complexity index is 971. The van der Waals surface area contributed by atoms with Crippen LogP contribution >= 0.6 is 15.9 Å². The lowest BCUT2D eigenvalue weighted by Gasteiger charge is -2.12. The molecule has 0 spiro atoms. The number of benzene rings is 2. The Morgan fingerprint density at radius 1 is 1.04 bits per heavy atom. The smallest absolute Gasteiger partial charge is 0.338 e. The van der Waals surface area contributed by atoms with E-state index in [2.05, 4.69) is 15.9 Å². The molecule has 0 aliphatic rings. The van der Waals surface area contributed by atoms with E-state index in [4.69, 9.17) is 19.2 Å². The largest absolute Gasteiger partial charge is 0.493 e. The second-order valence-corrected chi connectivity index (χ2v) is 6.42. The molecule has 26 heavy (non-hydrogen) atoms. The summed E-state index contributed by atoms with van der Waals surface area (Å²) in [5.74, 6) is 0.853. The van der Waals surface area contributed by atoms with E-state index >= 15 is 0 Å². The highest BCUT2D eigenvalue weighted by atomic mass is 79.9. The third-order valence-corrected chi connectivity index (χ3v) is 4.44. The Balaban J connectivity index is 2.21.